The second-order valence-electron chi connectivity index (χ2n) is 8.64. The van der Waals surface area contributed by atoms with Crippen LogP contribution in [0.25, 0.3) is 11.0 Å². The maximum absolute atomic E-state index is 12.8. The molecule has 0 saturated carbocycles. The average Bonchev–Trinajstić information content (AvgIpc) is 3.19. The first-order valence-corrected chi connectivity index (χ1v) is 12.0. The summed E-state index contributed by atoms with van der Waals surface area (Å²) in [6.07, 6.45) is 1.86. The topological polar surface area (TPSA) is 56.1 Å². The van der Waals surface area contributed by atoms with Crippen LogP contribution in [-0.2, 0) is 6.54 Å². The molecular formula is C28H30ClN3O2. The number of aryl methyl sites for hydroxylation is 3. The Morgan fingerprint density at radius 1 is 1.06 bits per heavy atom. The lowest BCUT2D eigenvalue weighted by Gasteiger charge is -2.17. The number of halogens is 1. The second kappa shape index (κ2) is 10.7. The lowest BCUT2D eigenvalue weighted by molar-refractivity contribution is 0.0937. The maximum Gasteiger partial charge on any atom is 0.251 e. The molecule has 0 saturated heterocycles. The molecule has 3 aromatic carbocycles. The van der Waals surface area contributed by atoms with E-state index in [0.717, 1.165) is 47.6 Å². The van der Waals surface area contributed by atoms with E-state index in [1.807, 2.05) is 31.2 Å². The number of rotatable bonds is 9. The van der Waals surface area contributed by atoms with Crippen LogP contribution in [0.4, 0.5) is 0 Å². The van der Waals surface area contributed by atoms with Crippen LogP contribution in [-0.4, -0.2) is 22.1 Å². The molecule has 0 fully saturated rings. The van der Waals surface area contributed by atoms with Gasteiger partial charge in [-0.2, -0.15) is 0 Å². The molecule has 1 N–H and O–H groups in total. The monoisotopic (exact) mass is 475 g/mol. The summed E-state index contributed by atoms with van der Waals surface area (Å²) in [5, 5.41) is 3.61. The molecule has 1 amide bonds. The highest BCUT2D eigenvalue weighted by molar-refractivity contribution is 6.30. The fourth-order valence-electron chi connectivity index (χ4n) is 4.15. The van der Waals surface area contributed by atoms with Crippen molar-refractivity contribution in [2.75, 3.05) is 6.61 Å². The number of benzene rings is 3. The number of nitrogens with one attached hydrogen (secondary N) is 1. The van der Waals surface area contributed by atoms with Crippen LogP contribution < -0.4 is 10.1 Å². The van der Waals surface area contributed by atoms with Crippen LogP contribution in [0.5, 0.6) is 5.75 Å². The van der Waals surface area contributed by atoms with Crippen molar-refractivity contribution in [3.8, 4) is 5.75 Å². The Hall–Kier alpha value is -3.31. The number of carbonyl (C=O) groups is 1. The van der Waals surface area contributed by atoms with Crippen LogP contribution in [0.3, 0.4) is 0 Å². The van der Waals surface area contributed by atoms with Gasteiger partial charge in [0.25, 0.3) is 5.91 Å². The Morgan fingerprint density at radius 3 is 2.68 bits per heavy atom. The minimum Gasteiger partial charge on any atom is -0.493 e. The van der Waals surface area contributed by atoms with Crippen LogP contribution in [0, 0.1) is 13.8 Å². The first kappa shape index (κ1) is 23.8. The van der Waals surface area contributed by atoms with Crippen LogP contribution in [0.15, 0.2) is 66.7 Å². The van der Waals surface area contributed by atoms with E-state index < -0.39 is 0 Å². The van der Waals surface area contributed by atoms with Crippen molar-refractivity contribution in [1.82, 2.24) is 14.9 Å². The van der Waals surface area contributed by atoms with Gasteiger partial charge in [-0.15, -0.1) is 0 Å². The molecule has 0 spiro atoms. The predicted molar refractivity (Wildman–Crippen MR) is 138 cm³/mol. The summed E-state index contributed by atoms with van der Waals surface area (Å²) < 4.78 is 8.20. The number of imidazole rings is 1. The van der Waals surface area contributed by atoms with E-state index in [-0.39, 0.29) is 11.9 Å². The molecule has 0 aliphatic heterocycles. The number of nitrogens with zero attached hydrogens (tertiary/aromatic N) is 2. The Morgan fingerprint density at radius 2 is 1.88 bits per heavy atom. The number of ether oxygens (including phenoxy) is 1. The van der Waals surface area contributed by atoms with Crippen molar-refractivity contribution in [1.29, 1.82) is 0 Å². The zero-order valence-electron chi connectivity index (χ0n) is 19.8. The standard InChI is InChI=1S/C28H30ClN3O2/c1-19-13-14-26(20(2)17-19)34-16-7-6-15-32-25-12-5-4-11-24(25)31-27(32)21(3)30-28(33)22-9-8-10-23(29)18-22/h4-5,8-14,17-18,21H,6-7,15-16H2,1-3H3,(H,30,33). The molecule has 0 bridgehead atoms. The number of amides is 1. The molecule has 0 aliphatic carbocycles. The number of aromatic nitrogens is 2. The highest BCUT2D eigenvalue weighted by atomic mass is 35.5. The molecule has 4 aromatic rings. The minimum atomic E-state index is -0.259. The zero-order valence-corrected chi connectivity index (χ0v) is 20.6. The summed E-state index contributed by atoms with van der Waals surface area (Å²) in [5.74, 6) is 1.61. The number of carbonyl (C=O) groups excluding carboxylic acids is 1. The van der Waals surface area contributed by atoms with Gasteiger partial charge in [-0.05, 0) is 75.6 Å². The second-order valence-corrected chi connectivity index (χ2v) is 9.08. The predicted octanol–water partition coefficient (Wildman–Crippen LogP) is 6.66. The molecule has 5 nitrogen and oxygen atoms in total. The van der Waals surface area contributed by atoms with Gasteiger partial charge in [-0.25, -0.2) is 4.98 Å². The summed E-state index contributed by atoms with van der Waals surface area (Å²) in [6.45, 7) is 7.58. The Balaban J connectivity index is 1.43. The molecule has 176 valence electrons. The van der Waals surface area contributed by atoms with E-state index >= 15 is 0 Å². The number of hydrogen-bond acceptors (Lipinski definition) is 3. The lowest BCUT2D eigenvalue weighted by Crippen LogP contribution is -2.28. The molecule has 0 aliphatic rings. The van der Waals surface area contributed by atoms with Gasteiger partial charge >= 0.3 is 0 Å². The molecule has 6 heteroatoms. The normalized spacial score (nSPS) is 12.0. The number of para-hydroxylation sites is 2. The third-order valence-electron chi connectivity index (χ3n) is 5.87. The van der Waals surface area contributed by atoms with Gasteiger partial charge in [-0.1, -0.05) is 47.5 Å². The highest BCUT2D eigenvalue weighted by Crippen LogP contribution is 2.23. The van der Waals surface area contributed by atoms with Gasteiger partial charge in [0.15, 0.2) is 0 Å². The third kappa shape index (κ3) is 5.60. The molecule has 1 atom stereocenters. The smallest absolute Gasteiger partial charge is 0.251 e. The van der Waals surface area contributed by atoms with Crippen molar-refractivity contribution < 1.29 is 9.53 Å². The highest BCUT2D eigenvalue weighted by Gasteiger charge is 2.19. The molecule has 34 heavy (non-hydrogen) atoms. The van der Waals surface area contributed by atoms with Crippen LogP contribution in [0.1, 0.15) is 53.1 Å². The van der Waals surface area contributed by atoms with E-state index in [0.29, 0.717) is 17.2 Å². The van der Waals surface area contributed by atoms with Gasteiger partial charge in [0, 0.05) is 17.1 Å². The summed E-state index contributed by atoms with van der Waals surface area (Å²) >= 11 is 6.05. The number of hydrogen-bond donors (Lipinski definition) is 1. The Bertz CT molecular complexity index is 1300. The molecule has 1 heterocycles. The molecular weight excluding hydrogens is 446 g/mol. The van der Waals surface area contributed by atoms with Crippen molar-refractivity contribution in [2.24, 2.45) is 0 Å². The van der Waals surface area contributed by atoms with Gasteiger partial charge in [0.1, 0.15) is 11.6 Å². The molecule has 0 radical (unpaired) electrons. The lowest BCUT2D eigenvalue weighted by atomic mass is 10.1. The number of unbranched alkanes of at least 4 members (excludes halogenated alkanes) is 1. The average molecular weight is 476 g/mol. The SMILES string of the molecule is Cc1ccc(OCCCCn2c(C(C)NC(=O)c3cccc(Cl)c3)nc3ccccc32)c(C)c1. The van der Waals surface area contributed by atoms with Gasteiger partial charge in [0.2, 0.25) is 0 Å². The van der Waals surface area contributed by atoms with Crippen LogP contribution in [0.2, 0.25) is 5.02 Å². The summed E-state index contributed by atoms with van der Waals surface area (Å²) in [4.78, 5) is 17.6. The fraction of sp³-hybridized carbons (Fsp3) is 0.286. The zero-order chi connectivity index (χ0) is 24.1. The number of fused-ring (bicyclic) bond motifs is 1. The fourth-order valence-corrected chi connectivity index (χ4v) is 4.34. The van der Waals surface area contributed by atoms with Crippen molar-refractivity contribution in [3.63, 3.8) is 0 Å². The molecule has 1 unspecified atom stereocenters. The summed E-state index contributed by atoms with van der Waals surface area (Å²) in [7, 11) is 0. The third-order valence-corrected chi connectivity index (χ3v) is 6.10. The van der Waals surface area contributed by atoms with Crippen molar-refractivity contribution >= 4 is 28.5 Å². The van der Waals surface area contributed by atoms with E-state index in [1.165, 1.54) is 5.56 Å². The first-order chi connectivity index (χ1) is 16.4. The maximum atomic E-state index is 12.8. The van der Waals surface area contributed by atoms with E-state index in [1.54, 1.807) is 24.3 Å². The largest absolute Gasteiger partial charge is 0.493 e. The van der Waals surface area contributed by atoms with Crippen molar-refractivity contribution in [3.05, 3.63) is 94.3 Å². The first-order valence-electron chi connectivity index (χ1n) is 11.6. The van der Waals surface area contributed by atoms with Gasteiger partial charge < -0.3 is 14.6 Å². The quantitative estimate of drug-likeness (QED) is 0.275. The van der Waals surface area contributed by atoms with Gasteiger partial charge in [0.05, 0.1) is 23.7 Å². The molecule has 1 aromatic heterocycles. The summed E-state index contributed by atoms with van der Waals surface area (Å²) in [5.41, 5.74) is 4.92. The van der Waals surface area contributed by atoms with Crippen LogP contribution >= 0.6 is 11.6 Å². The molecule has 4 rings (SSSR count). The van der Waals surface area contributed by atoms with E-state index in [9.17, 15) is 4.79 Å². The van der Waals surface area contributed by atoms with E-state index in [4.69, 9.17) is 21.3 Å². The van der Waals surface area contributed by atoms with E-state index in [2.05, 4.69) is 41.9 Å². The minimum absolute atomic E-state index is 0.171. The van der Waals surface area contributed by atoms with Crippen molar-refractivity contribution in [2.45, 2.75) is 46.2 Å². The Kier molecular flexibility index (Phi) is 7.53. The summed E-state index contributed by atoms with van der Waals surface area (Å²) in [6, 6.07) is 21.0. The van der Waals surface area contributed by atoms with Gasteiger partial charge in [-0.3, -0.25) is 4.79 Å². The Labute approximate surface area is 205 Å².